The van der Waals surface area contributed by atoms with E-state index in [2.05, 4.69) is 15.2 Å². The lowest BCUT2D eigenvalue weighted by molar-refractivity contribution is -0.384. The normalized spacial score (nSPS) is 11.3. The average Bonchev–Trinajstić information content (AvgIpc) is 3.20. The monoisotopic (exact) mass is 440 g/mol. The number of carbonyl (C=O) groups is 1. The summed E-state index contributed by atoms with van der Waals surface area (Å²) in [6.07, 6.45) is 3.21. The highest BCUT2D eigenvalue weighted by atomic mass is 32.2. The number of aromatic nitrogens is 3. The SMILES string of the molecule is CCCc1nc(S/C(=C\c2ccc(OCc3ccc([N+](=O)[O-])cc3)cc2)C(=O)O)n[nH]1. The minimum atomic E-state index is -1.06. The number of rotatable bonds is 10. The van der Waals surface area contributed by atoms with Crippen molar-refractivity contribution in [3.8, 4) is 5.75 Å². The summed E-state index contributed by atoms with van der Waals surface area (Å²) < 4.78 is 5.68. The largest absolute Gasteiger partial charge is 0.489 e. The van der Waals surface area contributed by atoms with Gasteiger partial charge >= 0.3 is 5.97 Å². The number of aromatic amines is 1. The lowest BCUT2D eigenvalue weighted by Crippen LogP contribution is -1.98. The fraction of sp³-hybridized carbons (Fsp3) is 0.190. The molecule has 3 aromatic rings. The van der Waals surface area contributed by atoms with Crippen LogP contribution in [0, 0.1) is 10.1 Å². The number of aryl methyl sites for hydroxylation is 1. The van der Waals surface area contributed by atoms with Crippen LogP contribution in [-0.4, -0.2) is 31.2 Å². The van der Waals surface area contributed by atoms with Gasteiger partial charge in [0.1, 0.15) is 23.1 Å². The number of non-ortho nitro benzene ring substituents is 1. The van der Waals surface area contributed by atoms with E-state index in [1.54, 1.807) is 42.5 Å². The summed E-state index contributed by atoms with van der Waals surface area (Å²) >= 11 is 0.982. The Balaban J connectivity index is 1.63. The summed E-state index contributed by atoms with van der Waals surface area (Å²) in [6, 6.07) is 13.1. The summed E-state index contributed by atoms with van der Waals surface area (Å²) in [7, 11) is 0. The van der Waals surface area contributed by atoms with Gasteiger partial charge in [-0.2, -0.15) is 0 Å². The number of thioether (sulfide) groups is 1. The van der Waals surface area contributed by atoms with E-state index in [9.17, 15) is 20.0 Å². The molecule has 0 aliphatic heterocycles. The second kappa shape index (κ2) is 10.4. The third kappa shape index (κ3) is 6.41. The number of carboxylic acids is 1. The van der Waals surface area contributed by atoms with Gasteiger partial charge in [0.05, 0.1) is 4.92 Å². The van der Waals surface area contributed by atoms with Gasteiger partial charge in [0.2, 0.25) is 5.16 Å². The van der Waals surface area contributed by atoms with Crippen LogP contribution in [0.25, 0.3) is 6.08 Å². The molecular formula is C21H20N4O5S. The van der Waals surface area contributed by atoms with Crippen LogP contribution >= 0.6 is 11.8 Å². The van der Waals surface area contributed by atoms with Gasteiger partial charge in [0.15, 0.2) is 0 Å². The zero-order chi connectivity index (χ0) is 22.2. The topological polar surface area (TPSA) is 131 Å². The minimum Gasteiger partial charge on any atom is -0.489 e. The van der Waals surface area contributed by atoms with E-state index >= 15 is 0 Å². The molecule has 0 fully saturated rings. The number of nitrogens with zero attached hydrogens (tertiary/aromatic N) is 3. The minimum absolute atomic E-state index is 0.0265. The molecule has 160 valence electrons. The van der Waals surface area contributed by atoms with Gasteiger partial charge in [0.25, 0.3) is 5.69 Å². The number of ether oxygens (including phenoxy) is 1. The molecule has 0 aliphatic carbocycles. The van der Waals surface area contributed by atoms with Gasteiger partial charge in [-0.1, -0.05) is 19.1 Å². The molecule has 0 aliphatic rings. The Labute approximate surface area is 182 Å². The Bertz CT molecular complexity index is 1080. The Morgan fingerprint density at radius 3 is 2.55 bits per heavy atom. The second-order valence-corrected chi connectivity index (χ2v) is 7.52. The number of nitro groups is 1. The fourth-order valence-electron chi connectivity index (χ4n) is 2.60. The van der Waals surface area contributed by atoms with Gasteiger partial charge in [-0.05, 0) is 59.7 Å². The lowest BCUT2D eigenvalue weighted by Gasteiger charge is -2.07. The summed E-state index contributed by atoms with van der Waals surface area (Å²) in [6.45, 7) is 2.28. The zero-order valence-electron chi connectivity index (χ0n) is 16.6. The van der Waals surface area contributed by atoms with E-state index in [1.165, 1.54) is 12.1 Å². The molecule has 0 saturated carbocycles. The average molecular weight is 440 g/mol. The maximum atomic E-state index is 11.6. The first-order valence-corrected chi connectivity index (χ1v) is 10.3. The van der Waals surface area contributed by atoms with E-state index < -0.39 is 10.9 Å². The molecule has 0 saturated heterocycles. The van der Waals surface area contributed by atoms with Crippen LogP contribution in [-0.2, 0) is 17.8 Å². The smallest absolute Gasteiger partial charge is 0.342 e. The molecule has 1 aromatic heterocycles. The number of benzene rings is 2. The predicted octanol–water partition coefficient (Wildman–Crippen LogP) is 4.46. The fourth-order valence-corrected chi connectivity index (χ4v) is 3.32. The van der Waals surface area contributed by atoms with Crippen molar-refractivity contribution in [2.24, 2.45) is 0 Å². The third-order valence-electron chi connectivity index (χ3n) is 4.14. The summed E-state index contributed by atoms with van der Waals surface area (Å²) in [5.41, 5.74) is 1.52. The van der Waals surface area contributed by atoms with Crippen molar-refractivity contribution in [2.75, 3.05) is 0 Å². The molecule has 0 atom stereocenters. The Kier molecular flexibility index (Phi) is 7.39. The van der Waals surface area contributed by atoms with Crippen LogP contribution in [0.15, 0.2) is 58.6 Å². The molecule has 0 amide bonds. The molecule has 31 heavy (non-hydrogen) atoms. The molecule has 2 aromatic carbocycles. The van der Waals surface area contributed by atoms with Crippen LogP contribution < -0.4 is 4.74 Å². The maximum Gasteiger partial charge on any atom is 0.342 e. The molecule has 0 radical (unpaired) electrons. The van der Waals surface area contributed by atoms with E-state index in [-0.39, 0.29) is 17.2 Å². The van der Waals surface area contributed by atoms with E-state index in [4.69, 9.17) is 4.74 Å². The van der Waals surface area contributed by atoms with Crippen LogP contribution in [0.3, 0.4) is 0 Å². The summed E-state index contributed by atoms with van der Waals surface area (Å²) in [5.74, 6) is 0.257. The quantitative estimate of drug-likeness (QED) is 0.204. The molecule has 3 rings (SSSR count). The van der Waals surface area contributed by atoms with Crippen molar-refractivity contribution in [1.29, 1.82) is 0 Å². The third-order valence-corrected chi connectivity index (χ3v) is 5.02. The van der Waals surface area contributed by atoms with Crippen molar-refractivity contribution in [1.82, 2.24) is 15.2 Å². The van der Waals surface area contributed by atoms with E-state index in [0.29, 0.717) is 16.5 Å². The molecule has 10 heteroatoms. The molecule has 1 heterocycles. The molecule has 0 spiro atoms. The van der Waals surface area contributed by atoms with Crippen LogP contribution in [0.1, 0.15) is 30.3 Å². The second-order valence-electron chi connectivity index (χ2n) is 6.51. The van der Waals surface area contributed by atoms with Crippen LogP contribution in [0.5, 0.6) is 5.75 Å². The Hall–Kier alpha value is -3.66. The van der Waals surface area contributed by atoms with Gasteiger partial charge in [-0.15, -0.1) is 5.10 Å². The van der Waals surface area contributed by atoms with Crippen molar-refractivity contribution < 1.29 is 19.6 Å². The number of H-pyrrole nitrogens is 1. The highest BCUT2D eigenvalue weighted by Crippen LogP contribution is 2.26. The van der Waals surface area contributed by atoms with E-state index in [1.807, 2.05) is 6.92 Å². The van der Waals surface area contributed by atoms with Gasteiger partial charge in [-0.3, -0.25) is 15.2 Å². The van der Waals surface area contributed by atoms with Crippen LogP contribution in [0.2, 0.25) is 0 Å². The van der Waals surface area contributed by atoms with Crippen molar-refractivity contribution in [3.63, 3.8) is 0 Å². The predicted molar refractivity (Wildman–Crippen MR) is 116 cm³/mol. The van der Waals surface area contributed by atoms with Crippen molar-refractivity contribution >= 4 is 29.5 Å². The first-order valence-electron chi connectivity index (χ1n) is 9.45. The summed E-state index contributed by atoms with van der Waals surface area (Å²) in [4.78, 5) is 26.2. The van der Waals surface area contributed by atoms with Crippen LogP contribution in [0.4, 0.5) is 5.69 Å². The Morgan fingerprint density at radius 1 is 1.23 bits per heavy atom. The van der Waals surface area contributed by atoms with Crippen molar-refractivity contribution in [3.05, 3.63) is 80.5 Å². The number of aliphatic carboxylic acids is 1. The number of hydrogen-bond donors (Lipinski definition) is 2. The number of nitro benzene ring substituents is 1. The first kappa shape index (κ1) is 22.0. The zero-order valence-corrected chi connectivity index (χ0v) is 17.5. The number of hydrogen-bond acceptors (Lipinski definition) is 7. The first-order chi connectivity index (χ1) is 14.9. The molecule has 0 bridgehead atoms. The summed E-state index contributed by atoms with van der Waals surface area (Å²) in [5, 5.41) is 27.4. The molecule has 9 nitrogen and oxygen atoms in total. The molecule has 0 unspecified atom stereocenters. The van der Waals surface area contributed by atoms with Crippen molar-refractivity contribution in [2.45, 2.75) is 31.5 Å². The number of nitrogens with one attached hydrogen (secondary N) is 1. The Morgan fingerprint density at radius 2 is 1.94 bits per heavy atom. The number of carboxylic acid groups (broad SMARTS) is 1. The maximum absolute atomic E-state index is 11.6. The highest BCUT2D eigenvalue weighted by Gasteiger charge is 2.13. The van der Waals surface area contributed by atoms with Gasteiger partial charge < -0.3 is 9.84 Å². The highest BCUT2D eigenvalue weighted by molar-refractivity contribution is 8.04. The standard InChI is InChI=1S/C21H20N4O5S/c1-2-3-19-22-21(24-23-19)31-18(20(26)27)12-14-6-10-17(11-7-14)30-13-15-4-8-16(9-5-15)25(28)29/h4-12H,2-3,13H2,1H3,(H,26,27)(H,22,23,24)/b18-12-. The lowest BCUT2D eigenvalue weighted by atomic mass is 10.2. The van der Waals surface area contributed by atoms with E-state index in [0.717, 1.165) is 36.0 Å². The molecule has 2 N–H and O–H groups in total. The van der Waals surface area contributed by atoms with Gasteiger partial charge in [-0.25, -0.2) is 9.78 Å². The van der Waals surface area contributed by atoms with Gasteiger partial charge in [0, 0.05) is 18.6 Å². The molecular weight excluding hydrogens is 420 g/mol.